The van der Waals surface area contributed by atoms with Gasteiger partial charge >= 0.3 is 12.0 Å². The average molecular weight is 283 g/mol. The SMILES string of the molecule is CC1CN(C(=O)Nc2ccccc2Cl)CC1C(=O)O. The Balaban J connectivity index is 2.02. The zero-order chi connectivity index (χ0) is 14.0. The molecule has 2 N–H and O–H groups in total. The van der Waals surface area contributed by atoms with Crippen molar-refractivity contribution >= 4 is 29.3 Å². The van der Waals surface area contributed by atoms with E-state index in [0.29, 0.717) is 17.3 Å². The number of benzene rings is 1. The maximum atomic E-state index is 12.0. The summed E-state index contributed by atoms with van der Waals surface area (Å²) in [6.07, 6.45) is 0. The molecule has 0 radical (unpaired) electrons. The van der Waals surface area contributed by atoms with Crippen LogP contribution in [0.3, 0.4) is 0 Å². The summed E-state index contributed by atoms with van der Waals surface area (Å²) in [6, 6.07) is 6.62. The van der Waals surface area contributed by atoms with Crippen molar-refractivity contribution in [2.24, 2.45) is 11.8 Å². The lowest BCUT2D eigenvalue weighted by Crippen LogP contribution is -2.33. The quantitative estimate of drug-likeness (QED) is 0.876. The van der Waals surface area contributed by atoms with Crippen LogP contribution in [0.4, 0.5) is 10.5 Å². The van der Waals surface area contributed by atoms with Gasteiger partial charge in [-0.3, -0.25) is 4.79 Å². The number of hydrogen-bond donors (Lipinski definition) is 2. The van der Waals surface area contributed by atoms with Crippen LogP contribution >= 0.6 is 11.6 Å². The first kappa shape index (κ1) is 13.7. The summed E-state index contributed by atoms with van der Waals surface area (Å²) in [4.78, 5) is 24.6. The molecule has 2 rings (SSSR count). The number of halogens is 1. The van der Waals surface area contributed by atoms with Gasteiger partial charge in [0.25, 0.3) is 0 Å². The molecule has 0 aliphatic carbocycles. The molecular formula is C13H15ClN2O3. The largest absolute Gasteiger partial charge is 0.481 e. The van der Waals surface area contributed by atoms with Crippen molar-refractivity contribution in [2.75, 3.05) is 18.4 Å². The zero-order valence-electron chi connectivity index (χ0n) is 10.5. The molecule has 1 aliphatic heterocycles. The van der Waals surface area contributed by atoms with E-state index in [4.69, 9.17) is 16.7 Å². The fourth-order valence-electron chi connectivity index (χ4n) is 2.21. The van der Waals surface area contributed by atoms with Crippen LogP contribution in [0.2, 0.25) is 5.02 Å². The average Bonchev–Trinajstić information content (AvgIpc) is 2.74. The van der Waals surface area contributed by atoms with E-state index in [1.165, 1.54) is 4.90 Å². The fourth-order valence-corrected chi connectivity index (χ4v) is 2.39. The number of nitrogens with one attached hydrogen (secondary N) is 1. The van der Waals surface area contributed by atoms with Crippen molar-refractivity contribution in [1.29, 1.82) is 0 Å². The molecule has 0 saturated carbocycles. The molecule has 2 unspecified atom stereocenters. The molecule has 2 amide bonds. The zero-order valence-corrected chi connectivity index (χ0v) is 11.2. The molecule has 19 heavy (non-hydrogen) atoms. The van der Waals surface area contributed by atoms with Crippen LogP contribution in [0, 0.1) is 11.8 Å². The van der Waals surface area contributed by atoms with Gasteiger partial charge in [-0.2, -0.15) is 0 Å². The van der Waals surface area contributed by atoms with Crippen molar-refractivity contribution < 1.29 is 14.7 Å². The van der Waals surface area contributed by atoms with Gasteiger partial charge in [0.2, 0.25) is 0 Å². The summed E-state index contributed by atoms with van der Waals surface area (Å²) in [6.45, 7) is 2.50. The smallest absolute Gasteiger partial charge is 0.321 e. The highest BCUT2D eigenvalue weighted by molar-refractivity contribution is 6.33. The number of para-hydroxylation sites is 1. The normalized spacial score (nSPS) is 22.3. The molecular weight excluding hydrogens is 268 g/mol. The van der Waals surface area contributed by atoms with E-state index in [9.17, 15) is 9.59 Å². The third-order valence-electron chi connectivity index (χ3n) is 3.33. The molecule has 1 aliphatic rings. The highest BCUT2D eigenvalue weighted by atomic mass is 35.5. The second kappa shape index (κ2) is 5.48. The molecule has 0 bridgehead atoms. The number of nitrogens with zero attached hydrogens (tertiary/aromatic N) is 1. The number of hydrogen-bond acceptors (Lipinski definition) is 2. The van der Waals surface area contributed by atoms with Gasteiger partial charge in [-0.05, 0) is 18.1 Å². The van der Waals surface area contributed by atoms with Crippen LogP contribution in [0.15, 0.2) is 24.3 Å². The summed E-state index contributed by atoms with van der Waals surface area (Å²) < 4.78 is 0. The van der Waals surface area contributed by atoms with Gasteiger partial charge < -0.3 is 15.3 Å². The summed E-state index contributed by atoms with van der Waals surface area (Å²) in [5.74, 6) is -1.41. The van der Waals surface area contributed by atoms with E-state index >= 15 is 0 Å². The predicted molar refractivity (Wildman–Crippen MR) is 72.3 cm³/mol. The minimum absolute atomic E-state index is 0.0468. The lowest BCUT2D eigenvalue weighted by atomic mass is 9.99. The van der Waals surface area contributed by atoms with E-state index in [-0.39, 0.29) is 18.5 Å². The first-order chi connectivity index (χ1) is 8.99. The third kappa shape index (κ3) is 2.98. The lowest BCUT2D eigenvalue weighted by Gasteiger charge is -2.17. The number of likely N-dealkylation sites (tertiary alicyclic amines) is 1. The number of aliphatic carboxylic acids is 1. The minimum atomic E-state index is -0.861. The van der Waals surface area contributed by atoms with E-state index in [0.717, 1.165) is 0 Å². The van der Waals surface area contributed by atoms with Gasteiger partial charge in [-0.25, -0.2) is 4.79 Å². The topological polar surface area (TPSA) is 69.6 Å². The van der Waals surface area contributed by atoms with Crippen molar-refractivity contribution in [2.45, 2.75) is 6.92 Å². The van der Waals surface area contributed by atoms with Crippen molar-refractivity contribution in [3.05, 3.63) is 29.3 Å². The second-order valence-electron chi connectivity index (χ2n) is 4.74. The highest BCUT2D eigenvalue weighted by Gasteiger charge is 2.37. The maximum Gasteiger partial charge on any atom is 0.321 e. The lowest BCUT2D eigenvalue weighted by molar-refractivity contribution is -0.142. The maximum absolute atomic E-state index is 12.0. The second-order valence-corrected chi connectivity index (χ2v) is 5.14. The molecule has 1 fully saturated rings. The van der Waals surface area contributed by atoms with Crippen LogP contribution in [0.25, 0.3) is 0 Å². The van der Waals surface area contributed by atoms with Gasteiger partial charge in [0.05, 0.1) is 16.6 Å². The third-order valence-corrected chi connectivity index (χ3v) is 3.66. The number of amides is 2. The van der Waals surface area contributed by atoms with E-state index < -0.39 is 11.9 Å². The van der Waals surface area contributed by atoms with Crippen LogP contribution in [0.5, 0.6) is 0 Å². The Morgan fingerprint density at radius 3 is 2.63 bits per heavy atom. The Morgan fingerprint density at radius 2 is 2.05 bits per heavy atom. The molecule has 1 aromatic rings. The molecule has 5 nitrogen and oxygen atoms in total. The molecule has 0 spiro atoms. The summed E-state index contributed by atoms with van der Waals surface area (Å²) in [5.41, 5.74) is 0.528. The van der Waals surface area contributed by atoms with Gasteiger partial charge in [-0.15, -0.1) is 0 Å². The van der Waals surface area contributed by atoms with Crippen LogP contribution < -0.4 is 5.32 Å². The van der Waals surface area contributed by atoms with Crippen molar-refractivity contribution in [3.63, 3.8) is 0 Å². The molecule has 1 saturated heterocycles. The molecule has 1 aromatic carbocycles. The summed E-state index contributed by atoms with van der Waals surface area (Å²) in [5, 5.41) is 12.2. The minimum Gasteiger partial charge on any atom is -0.481 e. The Kier molecular flexibility index (Phi) is 3.95. The summed E-state index contributed by atoms with van der Waals surface area (Å²) >= 11 is 5.96. The van der Waals surface area contributed by atoms with E-state index in [1.54, 1.807) is 24.3 Å². The van der Waals surface area contributed by atoms with Crippen LogP contribution in [-0.4, -0.2) is 35.1 Å². The molecule has 2 atom stereocenters. The number of carboxylic acids is 1. The number of anilines is 1. The van der Waals surface area contributed by atoms with Crippen molar-refractivity contribution in [3.8, 4) is 0 Å². The Morgan fingerprint density at radius 1 is 1.37 bits per heavy atom. The molecule has 0 aromatic heterocycles. The standard InChI is InChI=1S/C13H15ClN2O3/c1-8-6-16(7-9(8)12(17)18)13(19)15-11-5-3-2-4-10(11)14/h2-5,8-9H,6-7H2,1H3,(H,15,19)(H,17,18). The first-order valence-electron chi connectivity index (χ1n) is 6.02. The highest BCUT2D eigenvalue weighted by Crippen LogP contribution is 2.25. The van der Waals surface area contributed by atoms with Crippen molar-refractivity contribution in [1.82, 2.24) is 4.90 Å². The number of urea groups is 1. The van der Waals surface area contributed by atoms with Gasteiger partial charge in [0, 0.05) is 13.1 Å². The van der Waals surface area contributed by atoms with Crippen LogP contribution in [-0.2, 0) is 4.79 Å². The van der Waals surface area contributed by atoms with E-state index in [1.807, 2.05) is 6.92 Å². The molecule has 1 heterocycles. The predicted octanol–water partition coefficient (Wildman–Crippen LogP) is 2.52. The number of rotatable bonds is 2. The first-order valence-corrected chi connectivity index (χ1v) is 6.40. The van der Waals surface area contributed by atoms with Gasteiger partial charge in [0.15, 0.2) is 0 Å². The number of carboxylic acid groups (broad SMARTS) is 1. The number of carbonyl (C=O) groups excluding carboxylic acids is 1. The fraction of sp³-hybridized carbons (Fsp3) is 0.385. The Bertz CT molecular complexity index is 506. The Hall–Kier alpha value is -1.75. The molecule has 6 heteroatoms. The summed E-state index contributed by atoms with van der Waals surface area (Å²) in [7, 11) is 0. The Labute approximate surface area is 116 Å². The van der Waals surface area contributed by atoms with Crippen LogP contribution in [0.1, 0.15) is 6.92 Å². The molecule has 102 valence electrons. The van der Waals surface area contributed by atoms with Gasteiger partial charge in [0.1, 0.15) is 0 Å². The number of carbonyl (C=O) groups is 2. The van der Waals surface area contributed by atoms with E-state index in [2.05, 4.69) is 5.32 Å². The monoisotopic (exact) mass is 282 g/mol. The van der Waals surface area contributed by atoms with Gasteiger partial charge in [-0.1, -0.05) is 30.7 Å².